The van der Waals surface area contributed by atoms with Crippen LogP contribution in [0.25, 0.3) is 0 Å². The summed E-state index contributed by atoms with van der Waals surface area (Å²) in [6, 6.07) is 10.3. The van der Waals surface area contributed by atoms with Crippen LogP contribution in [0.5, 0.6) is 0 Å². The normalized spacial score (nSPS) is 10.3. The first-order chi connectivity index (χ1) is 8.97. The van der Waals surface area contributed by atoms with Crippen LogP contribution in [0.15, 0.2) is 45.3 Å². The fourth-order valence-electron chi connectivity index (χ4n) is 1.51. The van der Waals surface area contributed by atoms with Gasteiger partial charge in [0.05, 0.1) is 16.9 Å². The van der Waals surface area contributed by atoms with E-state index in [0.717, 1.165) is 4.47 Å². The number of hydrogen-bond acceptors (Lipinski definition) is 2. The third-order valence-electron chi connectivity index (χ3n) is 2.43. The van der Waals surface area contributed by atoms with Crippen molar-refractivity contribution in [3.8, 4) is 0 Å². The Kier molecular flexibility index (Phi) is 4.50. The van der Waals surface area contributed by atoms with Crippen LogP contribution in [-0.2, 0) is 0 Å². The second-order valence-electron chi connectivity index (χ2n) is 3.81. The summed E-state index contributed by atoms with van der Waals surface area (Å²) in [7, 11) is 0. The molecule has 3 nitrogen and oxygen atoms in total. The number of halogens is 3. The minimum atomic E-state index is -0.248. The summed E-state index contributed by atoms with van der Waals surface area (Å²) in [6.45, 7) is 0. The molecule has 6 heteroatoms. The highest BCUT2D eigenvalue weighted by atomic mass is 79.9. The number of nitrogen functional groups attached to an aromatic ring is 1. The van der Waals surface area contributed by atoms with Crippen molar-refractivity contribution in [2.75, 3.05) is 11.1 Å². The molecule has 2 rings (SSSR count). The SMILES string of the molecule is Nc1cc(Cl)ccc1NC(=O)c1cc(Br)ccc1Br. The fraction of sp³-hybridized carbons (Fsp3) is 0. The van der Waals surface area contributed by atoms with E-state index >= 15 is 0 Å². The van der Waals surface area contributed by atoms with Gasteiger partial charge < -0.3 is 11.1 Å². The van der Waals surface area contributed by atoms with Crippen LogP contribution in [0.4, 0.5) is 11.4 Å². The Balaban J connectivity index is 2.28. The molecule has 0 aromatic heterocycles. The number of rotatable bonds is 2. The predicted octanol–water partition coefficient (Wildman–Crippen LogP) is 4.70. The van der Waals surface area contributed by atoms with Gasteiger partial charge in [-0.15, -0.1) is 0 Å². The molecule has 1 amide bonds. The van der Waals surface area contributed by atoms with Crippen LogP contribution in [0.2, 0.25) is 5.02 Å². The van der Waals surface area contributed by atoms with Crippen LogP contribution in [-0.4, -0.2) is 5.91 Å². The Hall–Kier alpha value is -1.04. The number of carbonyl (C=O) groups is 1. The molecule has 0 atom stereocenters. The Bertz CT molecular complexity index is 647. The van der Waals surface area contributed by atoms with Crippen molar-refractivity contribution in [1.82, 2.24) is 0 Å². The topological polar surface area (TPSA) is 55.1 Å². The standard InChI is InChI=1S/C13H9Br2ClN2O/c14-7-1-3-10(15)9(5-7)13(19)18-12-4-2-8(16)6-11(12)17/h1-6H,17H2,(H,18,19). The van der Waals surface area contributed by atoms with Gasteiger partial charge in [0.1, 0.15) is 0 Å². The highest BCUT2D eigenvalue weighted by Gasteiger charge is 2.12. The maximum Gasteiger partial charge on any atom is 0.256 e. The van der Waals surface area contributed by atoms with E-state index in [-0.39, 0.29) is 5.91 Å². The van der Waals surface area contributed by atoms with Crippen LogP contribution < -0.4 is 11.1 Å². The molecule has 0 heterocycles. The van der Waals surface area contributed by atoms with Crippen LogP contribution in [0.1, 0.15) is 10.4 Å². The lowest BCUT2D eigenvalue weighted by Crippen LogP contribution is -2.13. The van der Waals surface area contributed by atoms with Crippen molar-refractivity contribution in [2.45, 2.75) is 0 Å². The number of carbonyl (C=O) groups excluding carboxylic acids is 1. The zero-order valence-electron chi connectivity index (χ0n) is 9.58. The van der Waals surface area contributed by atoms with E-state index in [0.29, 0.717) is 26.4 Å². The minimum Gasteiger partial charge on any atom is -0.397 e. The van der Waals surface area contributed by atoms with Gasteiger partial charge in [0, 0.05) is 14.0 Å². The van der Waals surface area contributed by atoms with Crippen molar-refractivity contribution in [3.63, 3.8) is 0 Å². The highest BCUT2D eigenvalue weighted by molar-refractivity contribution is 9.11. The van der Waals surface area contributed by atoms with Crippen molar-refractivity contribution < 1.29 is 4.79 Å². The molecule has 0 saturated heterocycles. The lowest BCUT2D eigenvalue weighted by atomic mass is 10.2. The molecule has 0 aliphatic heterocycles. The minimum absolute atomic E-state index is 0.248. The van der Waals surface area contributed by atoms with Crippen molar-refractivity contribution in [2.24, 2.45) is 0 Å². The molecule has 2 aromatic carbocycles. The number of nitrogens with one attached hydrogen (secondary N) is 1. The van der Waals surface area contributed by atoms with E-state index in [1.165, 1.54) is 0 Å². The van der Waals surface area contributed by atoms with E-state index < -0.39 is 0 Å². The number of benzene rings is 2. The molecule has 0 bridgehead atoms. The molecule has 0 radical (unpaired) electrons. The van der Waals surface area contributed by atoms with Crippen molar-refractivity contribution in [1.29, 1.82) is 0 Å². The molecular weight excluding hydrogens is 395 g/mol. The number of amides is 1. The first kappa shape index (κ1) is 14.4. The molecule has 0 fully saturated rings. The van der Waals surface area contributed by atoms with Gasteiger partial charge in [-0.25, -0.2) is 0 Å². The van der Waals surface area contributed by atoms with Gasteiger partial charge in [0.25, 0.3) is 5.91 Å². The average Bonchev–Trinajstić information content (AvgIpc) is 2.35. The largest absolute Gasteiger partial charge is 0.397 e. The first-order valence-electron chi connectivity index (χ1n) is 5.29. The van der Waals surface area contributed by atoms with Crippen molar-refractivity contribution >= 4 is 60.7 Å². The van der Waals surface area contributed by atoms with Crippen LogP contribution in [0.3, 0.4) is 0 Å². The monoisotopic (exact) mass is 402 g/mol. The number of hydrogen-bond donors (Lipinski definition) is 2. The van der Waals surface area contributed by atoms with Crippen molar-refractivity contribution in [3.05, 3.63) is 55.9 Å². The number of anilines is 2. The number of nitrogens with two attached hydrogens (primary N) is 1. The van der Waals surface area contributed by atoms with Gasteiger partial charge in [0.2, 0.25) is 0 Å². The molecule has 19 heavy (non-hydrogen) atoms. The zero-order valence-corrected chi connectivity index (χ0v) is 13.5. The maximum atomic E-state index is 12.2. The molecule has 0 spiro atoms. The van der Waals surface area contributed by atoms with Gasteiger partial charge >= 0.3 is 0 Å². The van der Waals surface area contributed by atoms with E-state index in [1.807, 2.05) is 6.07 Å². The molecule has 98 valence electrons. The molecule has 0 saturated carbocycles. The first-order valence-corrected chi connectivity index (χ1v) is 7.25. The molecule has 0 aliphatic rings. The quantitative estimate of drug-likeness (QED) is 0.713. The molecule has 2 aromatic rings. The second-order valence-corrected chi connectivity index (χ2v) is 6.02. The molecule has 0 aliphatic carbocycles. The van der Waals surface area contributed by atoms with Gasteiger partial charge in [-0.1, -0.05) is 27.5 Å². The predicted molar refractivity (Wildman–Crippen MR) is 85.7 cm³/mol. The van der Waals surface area contributed by atoms with Gasteiger partial charge in [-0.05, 0) is 52.3 Å². The summed E-state index contributed by atoms with van der Waals surface area (Å²) < 4.78 is 1.53. The molecule has 3 N–H and O–H groups in total. The summed E-state index contributed by atoms with van der Waals surface area (Å²) in [5.41, 5.74) is 7.26. The fourth-order valence-corrected chi connectivity index (χ4v) is 2.48. The zero-order chi connectivity index (χ0) is 14.0. The molecular formula is C13H9Br2ClN2O. The lowest BCUT2D eigenvalue weighted by Gasteiger charge is -2.10. The van der Waals surface area contributed by atoms with Gasteiger partial charge in [-0.3, -0.25) is 4.79 Å². The van der Waals surface area contributed by atoms with Gasteiger partial charge in [0.15, 0.2) is 0 Å². The van der Waals surface area contributed by atoms with E-state index in [9.17, 15) is 4.79 Å². The maximum absolute atomic E-state index is 12.2. The Labute approximate surface area is 132 Å². The van der Waals surface area contributed by atoms with Crippen LogP contribution >= 0.6 is 43.5 Å². The van der Waals surface area contributed by atoms with E-state index in [4.69, 9.17) is 17.3 Å². The van der Waals surface area contributed by atoms with E-state index in [1.54, 1.807) is 30.3 Å². The van der Waals surface area contributed by atoms with Crippen LogP contribution in [0, 0.1) is 0 Å². The summed E-state index contributed by atoms with van der Waals surface area (Å²) >= 11 is 12.5. The Morgan fingerprint density at radius 2 is 1.89 bits per heavy atom. The summed E-state index contributed by atoms with van der Waals surface area (Å²) in [5.74, 6) is -0.248. The third kappa shape index (κ3) is 3.49. The lowest BCUT2D eigenvalue weighted by molar-refractivity contribution is 0.102. The smallest absolute Gasteiger partial charge is 0.256 e. The highest BCUT2D eigenvalue weighted by Crippen LogP contribution is 2.26. The summed E-state index contributed by atoms with van der Waals surface area (Å²) in [4.78, 5) is 12.2. The average molecular weight is 404 g/mol. The molecule has 0 unspecified atom stereocenters. The summed E-state index contributed by atoms with van der Waals surface area (Å²) in [6.07, 6.45) is 0. The second kappa shape index (κ2) is 5.94. The Morgan fingerprint density at radius 3 is 2.58 bits per heavy atom. The summed E-state index contributed by atoms with van der Waals surface area (Å²) in [5, 5.41) is 3.28. The van der Waals surface area contributed by atoms with E-state index in [2.05, 4.69) is 37.2 Å². The third-order valence-corrected chi connectivity index (χ3v) is 3.85. The Morgan fingerprint density at radius 1 is 1.16 bits per heavy atom. The van der Waals surface area contributed by atoms with Gasteiger partial charge in [-0.2, -0.15) is 0 Å².